The molecular weight excluding hydrogens is 194 g/mol. The molecule has 1 heterocycles. The quantitative estimate of drug-likeness (QED) is 0.643. The van der Waals surface area contributed by atoms with Crippen molar-refractivity contribution < 1.29 is 0 Å². The highest BCUT2D eigenvalue weighted by Gasteiger charge is 2.44. The number of likely N-dealkylation sites (tertiary alicyclic amines) is 1. The molecule has 1 atom stereocenters. The van der Waals surface area contributed by atoms with E-state index in [9.17, 15) is 0 Å². The summed E-state index contributed by atoms with van der Waals surface area (Å²) in [4.78, 5) is 2.50. The van der Waals surface area contributed by atoms with Crippen LogP contribution in [-0.2, 0) is 11.8 Å². The van der Waals surface area contributed by atoms with Crippen LogP contribution in [-0.4, -0.2) is 25.0 Å². The highest BCUT2D eigenvalue weighted by atomic mass is 15.1. The second-order valence-electron chi connectivity index (χ2n) is 5.82. The minimum absolute atomic E-state index is 0.500. The number of nitrogens with zero attached hydrogens (tertiary/aromatic N) is 1. The Hall–Kier alpha value is -0.820. The Morgan fingerprint density at radius 1 is 1.12 bits per heavy atom. The summed E-state index contributed by atoms with van der Waals surface area (Å²) in [5.74, 6) is 0. The molecule has 1 saturated heterocycles. The van der Waals surface area contributed by atoms with Gasteiger partial charge >= 0.3 is 0 Å². The van der Waals surface area contributed by atoms with Crippen LogP contribution in [0.1, 0.15) is 35.1 Å². The van der Waals surface area contributed by atoms with Crippen LogP contribution >= 0.6 is 0 Å². The molecule has 0 bridgehead atoms. The monoisotopic (exact) mass is 215 g/mol. The van der Waals surface area contributed by atoms with E-state index in [1.165, 1.54) is 43.5 Å². The predicted molar refractivity (Wildman–Crippen MR) is 68.0 cm³/mol. The van der Waals surface area contributed by atoms with Gasteiger partial charge in [0.05, 0.1) is 0 Å². The van der Waals surface area contributed by atoms with E-state index < -0.39 is 0 Å². The summed E-state index contributed by atoms with van der Waals surface area (Å²) in [6.07, 6.45) is 4.04. The first kappa shape index (κ1) is 10.3. The first-order valence-corrected chi connectivity index (χ1v) is 6.40. The molecule has 0 radical (unpaired) electrons. The number of hydrogen-bond acceptors (Lipinski definition) is 1. The third kappa shape index (κ3) is 1.27. The minimum atomic E-state index is 0.500. The van der Waals surface area contributed by atoms with Crippen LogP contribution in [0.2, 0.25) is 0 Å². The lowest BCUT2D eigenvalue weighted by Crippen LogP contribution is -2.27. The van der Waals surface area contributed by atoms with Gasteiger partial charge in [-0.2, -0.15) is 0 Å². The Labute approximate surface area is 98.5 Å². The molecule has 1 aromatic carbocycles. The van der Waals surface area contributed by atoms with Gasteiger partial charge in [0, 0.05) is 12.0 Å². The first-order valence-electron chi connectivity index (χ1n) is 6.40. The lowest BCUT2D eigenvalue weighted by atomic mass is 9.78. The van der Waals surface area contributed by atoms with E-state index in [1.807, 2.05) is 0 Å². The van der Waals surface area contributed by atoms with E-state index in [2.05, 4.69) is 37.9 Å². The Morgan fingerprint density at radius 2 is 1.88 bits per heavy atom. The van der Waals surface area contributed by atoms with E-state index >= 15 is 0 Å². The maximum atomic E-state index is 2.50. The Bertz CT molecular complexity index is 435. The molecule has 1 fully saturated rings. The molecule has 3 rings (SSSR count). The standard InChI is InChI=1S/C15H21N/c1-11-4-5-12(2)14-13(11)6-7-15(14)8-9-16(3)10-15/h4-5H,6-10H2,1-3H3. The van der Waals surface area contributed by atoms with E-state index in [1.54, 1.807) is 11.1 Å². The molecule has 2 aliphatic rings. The van der Waals surface area contributed by atoms with Crippen LogP contribution in [0.3, 0.4) is 0 Å². The molecule has 0 amide bonds. The number of aryl methyl sites for hydroxylation is 2. The number of benzene rings is 1. The molecule has 1 aliphatic carbocycles. The van der Waals surface area contributed by atoms with Gasteiger partial charge in [-0.3, -0.25) is 0 Å². The molecule has 1 unspecified atom stereocenters. The van der Waals surface area contributed by atoms with E-state index in [4.69, 9.17) is 0 Å². The Morgan fingerprint density at radius 3 is 2.56 bits per heavy atom. The van der Waals surface area contributed by atoms with Gasteiger partial charge in [-0.25, -0.2) is 0 Å². The van der Waals surface area contributed by atoms with Crippen LogP contribution < -0.4 is 0 Å². The summed E-state index contributed by atoms with van der Waals surface area (Å²) in [6, 6.07) is 4.62. The van der Waals surface area contributed by atoms with Crippen molar-refractivity contribution in [2.24, 2.45) is 0 Å². The minimum Gasteiger partial charge on any atom is -0.305 e. The Balaban J connectivity index is 2.15. The van der Waals surface area contributed by atoms with Crippen LogP contribution in [0.5, 0.6) is 0 Å². The summed E-state index contributed by atoms with van der Waals surface area (Å²) >= 11 is 0. The molecule has 1 aromatic rings. The third-order valence-corrected chi connectivity index (χ3v) is 4.68. The molecule has 1 heteroatoms. The zero-order valence-electron chi connectivity index (χ0n) is 10.6. The summed E-state index contributed by atoms with van der Waals surface area (Å²) < 4.78 is 0. The SMILES string of the molecule is Cc1ccc(C)c2c1CCC21CCN(C)C1. The van der Waals surface area contributed by atoms with Gasteiger partial charge in [0.2, 0.25) is 0 Å². The molecular formula is C15H21N. The highest BCUT2D eigenvalue weighted by Crippen LogP contribution is 2.47. The van der Waals surface area contributed by atoms with Crippen molar-refractivity contribution in [3.05, 3.63) is 34.4 Å². The maximum Gasteiger partial charge on any atom is 0.0101 e. The molecule has 86 valence electrons. The fraction of sp³-hybridized carbons (Fsp3) is 0.600. The fourth-order valence-electron chi connectivity index (χ4n) is 3.91. The van der Waals surface area contributed by atoms with Crippen molar-refractivity contribution in [2.45, 2.75) is 38.5 Å². The summed E-state index contributed by atoms with van der Waals surface area (Å²) in [5.41, 5.74) is 6.90. The lowest BCUT2D eigenvalue weighted by molar-refractivity contribution is 0.366. The highest BCUT2D eigenvalue weighted by molar-refractivity contribution is 5.49. The smallest absolute Gasteiger partial charge is 0.0101 e. The average molecular weight is 215 g/mol. The Kier molecular flexibility index (Phi) is 2.16. The zero-order chi connectivity index (χ0) is 11.3. The van der Waals surface area contributed by atoms with Crippen molar-refractivity contribution in [2.75, 3.05) is 20.1 Å². The molecule has 1 nitrogen and oxygen atoms in total. The van der Waals surface area contributed by atoms with Crippen molar-refractivity contribution in [1.29, 1.82) is 0 Å². The van der Waals surface area contributed by atoms with Gasteiger partial charge in [0.15, 0.2) is 0 Å². The van der Waals surface area contributed by atoms with Gasteiger partial charge in [-0.15, -0.1) is 0 Å². The summed E-state index contributed by atoms with van der Waals surface area (Å²) in [6.45, 7) is 7.11. The summed E-state index contributed by atoms with van der Waals surface area (Å²) in [5, 5.41) is 0. The van der Waals surface area contributed by atoms with Crippen molar-refractivity contribution in [3.8, 4) is 0 Å². The van der Waals surface area contributed by atoms with Crippen molar-refractivity contribution >= 4 is 0 Å². The van der Waals surface area contributed by atoms with Crippen LogP contribution in [0.4, 0.5) is 0 Å². The molecule has 0 saturated carbocycles. The van der Waals surface area contributed by atoms with Crippen LogP contribution in [0, 0.1) is 13.8 Å². The van der Waals surface area contributed by atoms with Gasteiger partial charge in [-0.1, -0.05) is 12.1 Å². The van der Waals surface area contributed by atoms with Crippen LogP contribution in [0.15, 0.2) is 12.1 Å². The summed E-state index contributed by atoms with van der Waals surface area (Å²) in [7, 11) is 2.26. The second-order valence-corrected chi connectivity index (χ2v) is 5.82. The molecule has 16 heavy (non-hydrogen) atoms. The number of rotatable bonds is 0. The predicted octanol–water partition coefficient (Wildman–Crippen LogP) is 2.82. The topological polar surface area (TPSA) is 3.24 Å². The average Bonchev–Trinajstić information content (AvgIpc) is 2.80. The van der Waals surface area contributed by atoms with Crippen molar-refractivity contribution in [3.63, 3.8) is 0 Å². The number of likely N-dealkylation sites (N-methyl/N-ethyl adjacent to an activating group) is 1. The molecule has 0 aromatic heterocycles. The zero-order valence-corrected chi connectivity index (χ0v) is 10.6. The maximum absolute atomic E-state index is 2.50. The normalized spacial score (nSPS) is 28.9. The van der Waals surface area contributed by atoms with E-state index in [0.29, 0.717) is 5.41 Å². The fourth-order valence-corrected chi connectivity index (χ4v) is 3.91. The third-order valence-electron chi connectivity index (χ3n) is 4.68. The van der Waals surface area contributed by atoms with Gasteiger partial charge in [0.1, 0.15) is 0 Å². The first-order chi connectivity index (χ1) is 7.62. The van der Waals surface area contributed by atoms with Gasteiger partial charge in [-0.05, 0) is 69.0 Å². The van der Waals surface area contributed by atoms with Crippen molar-refractivity contribution in [1.82, 2.24) is 4.90 Å². The van der Waals surface area contributed by atoms with Gasteiger partial charge in [0.25, 0.3) is 0 Å². The largest absolute Gasteiger partial charge is 0.305 e. The molecule has 1 aliphatic heterocycles. The van der Waals surface area contributed by atoms with Gasteiger partial charge < -0.3 is 4.90 Å². The lowest BCUT2D eigenvalue weighted by Gasteiger charge is -2.26. The second kappa shape index (κ2) is 3.33. The molecule has 0 N–H and O–H groups in total. The van der Waals surface area contributed by atoms with E-state index in [0.717, 1.165) is 0 Å². The van der Waals surface area contributed by atoms with Crippen LogP contribution in [0.25, 0.3) is 0 Å². The molecule has 1 spiro atoms. The number of hydrogen-bond donors (Lipinski definition) is 0. The number of fused-ring (bicyclic) bond motifs is 2. The van der Waals surface area contributed by atoms with E-state index in [-0.39, 0.29) is 0 Å².